The maximum absolute atomic E-state index is 14.6. The van der Waals surface area contributed by atoms with Crippen LogP contribution in [0.5, 0.6) is 0 Å². The van der Waals surface area contributed by atoms with E-state index < -0.39 is 6.17 Å². The second kappa shape index (κ2) is 10.4. The molecule has 2 aromatic heterocycles. The number of nitrogens with zero attached hydrogens (tertiary/aromatic N) is 5. The highest BCUT2D eigenvalue weighted by Gasteiger charge is 2.32. The number of carbonyl (C=O) groups excluding carboxylic acids is 1. The first kappa shape index (κ1) is 23.3. The Hall–Kier alpha value is -2.83. The third-order valence-corrected chi connectivity index (χ3v) is 6.72. The van der Waals surface area contributed by atoms with Gasteiger partial charge in [0.05, 0.1) is 18.5 Å². The van der Waals surface area contributed by atoms with E-state index >= 15 is 0 Å². The summed E-state index contributed by atoms with van der Waals surface area (Å²) >= 11 is 0. The third-order valence-electron chi connectivity index (χ3n) is 6.72. The Morgan fingerprint density at radius 2 is 2.21 bits per heavy atom. The summed E-state index contributed by atoms with van der Waals surface area (Å²) in [6, 6.07) is 5.84. The lowest BCUT2D eigenvalue weighted by Crippen LogP contribution is -2.51. The van der Waals surface area contributed by atoms with Gasteiger partial charge >= 0.3 is 0 Å². The van der Waals surface area contributed by atoms with Gasteiger partial charge in [-0.25, -0.2) is 9.37 Å². The van der Waals surface area contributed by atoms with Gasteiger partial charge in [-0.05, 0) is 37.4 Å². The number of β-amino-alcohol motifs (C(OH)–C–C–N with tert-alkyl or cyclic N) is 1. The van der Waals surface area contributed by atoms with E-state index in [0.29, 0.717) is 43.2 Å². The summed E-state index contributed by atoms with van der Waals surface area (Å²) in [6.45, 7) is 5.08. The standard InChI is InChI=1S/C24H31FN6O2/c1-16-9-18(29-23(33)10-17-4-6-30(7-8-32)15-20(17)25)14-31(13-16)22-12-28-21(11-26)24-19(22)3-2-5-27-24/h2-3,5,12,16-18,20,32H,4,6-10,13-15H2,1H3,(H,29,33)/t16-,17?,18+,20?/m0/s1. The number of nitriles is 1. The topological polar surface area (TPSA) is 105 Å². The fourth-order valence-corrected chi connectivity index (χ4v) is 5.16. The Morgan fingerprint density at radius 3 is 2.97 bits per heavy atom. The van der Waals surface area contributed by atoms with Crippen molar-refractivity contribution in [3.05, 3.63) is 30.2 Å². The van der Waals surface area contributed by atoms with Crippen molar-refractivity contribution in [3.63, 3.8) is 0 Å². The molecule has 9 heteroatoms. The summed E-state index contributed by atoms with van der Waals surface area (Å²) in [5, 5.41) is 22.4. The van der Waals surface area contributed by atoms with Gasteiger partial charge in [-0.2, -0.15) is 5.26 Å². The van der Waals surface area contributed by atoms with E-state index in [1.807, 2.05) is 17.0 Å². The number of halogens is 1. The highest BCUT2D eigenvalue weighted by Crippen LogP contribution is 2.30. The van der Waals surface area contributed by atoms with Gasteiger partial charge in [0.25, 0.3) is 0 Å². The number of amides is 1. The zero-order chi connectivity index (χ0) is 23.4. The van der Waals surface area contributed by atoms with Gasteiger partial charge in [0.2, 0.25) is 5.91 Å². The van der Waals surface area contributed by atoms with Crippen molar-refractivity contribution in [2.75, 3.05) is 44.2 Å². The lowest BCUT2D eigenvalue weighted by Gasteiger charge is -2.39. The molecule has 2 aromatic rings. The Kier molecular flexibility index (Phi) is 7.36. The maximum atomic E-state index is 14.6. The number of hydrogen-bond donors (Lipinski definition) is 2. The molecule has 4 rings (SSSR count). The molecule has 2 fully saturated rings. The minimum atomic E-state index is -1.05. The van der Waals surface area contributed by atoms with Crippen LogP contribution in [0.25, 0.3) is 10.9 Å². The van der Waals surface area contributed by atoms with Crippen molar-refractivity contribution in [2.45, 2.75) is 38.4 Å². The number of aromatic nitrogens is 2. The first-order chi connectivity index (χ1) is 16.0. The maximum Gasteiger partial charge on any atom is 0.220 e. The molecule has 2 saturated heterocycles. The molecule has 0 radical (unpaired) electrons. The molecule has 4 atom stereocenters. The smallest absolute Gasteiger partial charge is 0.220 e. The molecule has 1 amide bonds. The van der Waals surface area contributed by atoms with Gasteiger partial charge in [-0.3, -0.25) is 14.7 Å². The fourth-order valence-electron chi connectivity index (χ4n) is 5.16. The predicted molar refractivity (Wildman–Crippen MR) is 123 cm³/mol. The Bertz CT molecular complexity index is 1030. The van der Waals surface area contributed by atoms with Crippen LogP contribution in [-0.4, -0.2) is 77.4 Å². The zero-order valence-electron chi connectivity index (χ0n) is 19.0. The first-order valence-electron chi connectivity index (χ1n) is 11.6. The van der Waals surface area contributed by atoms with Crippen LogP contribution < -0.4 is 10.2 Å². The summed E-state index contributed by atoms with van der Waals surface area (Å²) in [4.78, 5) is 25.5. The van der Waals surface area contributed by atoms with E-state index in [4.69, 9.17) is 5.11 Å². The van der Waals surface area contributed by atoms with Crippen molar-refractivity contribution in [2.24, 2.45) is 11.8 Å². The largest absolute Gasteiger partial charge is 0.395 e. The van der Waals surface area contributed by atoms with Crippen LogP contribution in [0.1, 0.15) is 31.9 Å². The van der Waals surface area contributed by atoms with E-state index in [1.54, 1.807) is 12.4 Å². The van der Waals surface area contributed by atoms with Crippen LogP contribution in [0, 0.1) is 23.2 Å². The number of pyridine rings is 2. The monoisotopic (exact) mass is 454 g/mol. The molecule has 0 saturated carbocycles. The SMILES string of the molecule is C[C@H]1C[C@@H](NC(=O)CC2CCN(CCO)CC2F)CN(c2cnc(C#N)c3ncccc23)C1. The average molecular weight is 455 g/mol. The highest BCUT2D eigenvalue weighted by molar-refractivity contribution is 5.93. The second-order valence-corrected chi connectivity index (χ2v) is 9.31. The van der Waals surface area contributed by atoms with Crippen LogP contribution in [0.3, 0.4) is 0 Å². The van der Waals surface area contributed by atoms with E-state index in [-0.39, 0.29) is 37.4 Å². The number of piperidine rings is 2. The number of aliphatic hydroxyl groups is 1. The number of nitrogens with one attached hydrogen (secondary N) is 1. The van der Waals surface area contributed by atoms with Crippen molar-refractivity contribution < 1.29 is 14.3 Å². The molecule has 4 heterocycles. The van der Waals surface area contributed by atoms with Gasteiger partial charge in [0.15, 0.2) is 5.69 Å². The molecule has 33 heavy (non-hydrogen) atoms. The summed E-state index contributed by atoms with van der Waals surface area (Å²) in [5.74, 6) is -0.0429. The minimum Gasteiger partial charge on any atom is -0.395 e. The number of likely N-dealkylation sites (tertiary alicyclic amines) is 1. The average Bonchev–Trinajstić information content (AvgIpc) is 2.80. The van der Waals surface area contributed by atoms with Crippen molar-refractivity contribution in [3.8, 4) is 6.07 Å². The zero-order valence-corrected chi connectivity index (χ0v) is 19.0. The van der Waals surface area contributed by atoms with Gasteiger partial charge in [-0.15, -0.1) is 0 Å². The van der Waals surface area contributed by atoms with E-state index in [9.17, 15) is 14.4 Å². The van der Waals surface area contributed by atoms with E-state index in [0.717, 1.165) is 24.0 Å². The lowest BCUT2D eigenvalue weighted by molar-refractivity contribution is -0.124. The lowest BCUT2D eigenvalue weighted by atomic mass is 9.90. The molecule has 0 bridgehead atoms. The van der Waals surface area contributed by atoms with Crippen molar-refractivity contribution >= 4 is 22.5 Å². The normalized spacial score (nSPS) is 26.2. The molecule has 2 aliphatic rings. The fraction of sp³-hybridized carbons (Fsp3) is 0.583. The van der Waals surface area contributed by atoms with Crippen LogP contribution in [0.4, 0.5) is 10.1 Å². The van der Waals surface area contributed by atoms with Crippen LogP contribution in [-0.2, 0) is 4.79 Å². The third kappa shape index (κ3) is 5.40. The number of alkyl halides is 1. The van der Waals surface area contributed by atoms with Crippen LogP contribution in [0.15, 0.2) is 24.5 Å². The molecule has 176 valence electrons. The molecule has 2 N–H and O–H groups in total. The minimum absolute atomic E-state index is 0.0222. The quantitative estimate of drug-likeness (QED) is 0.687. The summed E-state index contributed by atoms with van der Waals surface area (Å²) in [7, 11) is 0. The molecule has 2 unspecified atom stereocenters. The van der Waals surface area contributed by atoms with Gasteiger partial charge in [0, 0.05) is 56.1 Å². The number of hydrogen-bond acceptors (Lipinski definition) is 7. The molecular weight excluding hydrogens is 423 g/mol. The summed E-state index contributed by atoms with van der Waals surface area (Å²) in [5.41, 5.74) is 1.79. The van der Waals surface area contributed by atoms with E-state index in [1.165, 1.54) is 0 Å². The number of aliphatic hydroxyl groups excluding tert-OH is 1. The van der Waals surface area contributed by atoms with Crippen LogP contribution >= 0.6 is 0 Å². The van der Waals surface area contributed by atoms with E-state index in [2.05, 4.69) is 33.2 Å². The second-order valence-electron chi connectivity index (χ2n) is 9.31. The van der Waals surface area contributed by atoms with Crippen molar-refractivity contribution in [1.29, 1.82) is 5.26 Å². The number of fused-ring (bicyclic) bond motifs is 1. The number of carbonyl (C=O) groups is 1. The van der Waals surface area contributed by atoms with Crippen molar-refractivity contribution in [1.82, 2.24) is 20.2 Å². The molecule has 0 spiro atoms. The molecule has 0 aliphatic carbocycles. The summed E-state index contributed by atoms with van der Waals surface area (Å²) < 4.78 is 14.6. The molecule has 8 nitrogen and oxygen atoms in total. The Morgan fingerprint density at radius 1 is 1.36 bits per heavy atom. The predicted octanol–water partition coefficient (Wildman–Crippen LogP) is 1.87. The number of anilines is 1. The van der Waals surface area contributed by atoms with Gasteiger partial charge < -0.3 is 15.3 Å². The van der Waals surface area contributed by atoms with Gasteiger partial charge in [0.1, 0.15) is 17.8 Å². The Labute approximate surface area is 193 Å². The molecular formula is C24H31FN6O2. The first-order valence-corrected chi connectivity index (χ1v) is 11.6. The highest BCUT2D eigenvalue weighted by atomic mass is 19.1. The van der Waals surface area contributed by atoms with Gasteiger partial charge in [-0.1, -0.05) is 6.92 Å². The van der Waals surface area contributed by atoms with Crippen LogP contribution in [0.2, 0.25) is 0 Å². The summed E-state index contributed by atoms with van der Waals surface area (Å²) in [6.07, 6.45) is 3.98. The molecule has 2 aliphatic heterocycles. The Balaban J connectivity index is 1.41. The molecule has 0 aromatic carbocycles. The number of rotatable bonds is 6.